The molecule has 1 aliphatic heterocycles. The number of nitrogens with two attached hydrogens (primary N) is 1. The first-order valence-corrected chi connectivity index (χ1v) is 8.53. The molecule has 0 aromatic carbocycles. The Hall–Kier alpha value is -2.32. The van der Waals surface area contributed by atoms with Gasteiger partial charge in [-0.25, -0.2) is 9.97 Å². The van der Waals surface area contributed by atoms with Crippen molar-refractivity contribution in [3.63, 3.8) is 0 Å². The topological polar surface area (TPSA) is 102 Å². The lowest BCUT2D eigenvalue weighted by atomic mass is 10.2. The Morgan fingerprint density at radius 1 is 1.28 bits per heavy atom. The van der Waals surface area contributed by atoms with Crippen LogP contribution in [0.5, 0.6) is 0 Å². The number of aromatic nitrogens is 4. The monoisotopic (exact) mass is 343 g/mol. The first-order chi connectivity index (χ1) is 12.2. The minimum absolute atomic E-state index is 0.194. The molecule has 2 aromatic heterocycles. The third-order valence-corrected chi connectivity index (χ3v) is 4.58. The summed E-state index contributed by atoms with van der Waals surface area (Å²) >= 11 is 0. The van der Waals surface area contributed by atoms with Gasteiger partial charge < -0.3 is 20.7 Å². The summed E-state index contributed by atoms with van der Waals surface area (Å²) in [4.78, 5) is 19.5. The van der Waals surface area contributed by atoms with Crippen LogP contribution >= 0.6 is 0 Å². The zero-order chi connectivity index (χ0) is 17.6. The molecule has 0 unspecified atom stereocenters. The Morgan fingerprint density at radius 2 is 2.12 bits per heavy atom. The van der Waals surface area contributed by atoms with Gasteiger partial charge in [-0.2, -0.15) is 0 Å². The lowest BCUT2D eigenvalue weighted by Crippen LogP contribution is -2.36. The maximum atomic E-state index is 5.91. The van der Waals surface area contributed by atoms with Gasteiger partial charge in [0.1, 0.15) is 18.0 Å². The van der Waals surface area contributed by atoms with Gasteiger partial charge in [0.15, 0.2) is 0 Å². The second-order valence-corrected chi connectivity index (χ2v) is 6.16. The number of nitrogens with zero attached hydrogens (tertiary/aromatic N) is 5. The van der Waals surface area contributed by atoms with Gasteiger partial charge in [-0.1, -0.05) is 0 Å². The van der Waals surface area contributed by atoms with Gasteiger partial charge in [-0.15, -0.1) is 0 Å². The first-order valence-electron chi connectivity index (χ1n) is 8.53. The summed E-state index contributed by atoms with van der Waals surface area (Å²) in [5.74, 6) is 1.67. The molecule has 134 valence electrons. The van der Waals surface area contributed by atoms with E-state index in [-0.39, 0.29) is 12.1 Å². The van der Waals surface area contributed by atoms with Crippen molar-refractivity contribution in [3.05, 3.63) is 36.2 Å². The first kappa shape index (κ1) is 17.5. The number of ether oxygens (including phenoxy) is 1. The lowest BCUT2D eigenvalue weighted by molar-refractivity contribution is 0.118. The number of hydrogen-bond acceptors (Lipinski definition) is 8. The molecule has 8 nitrogen and oxygen atoms in total. The van der Waals surface area contributed by atoms with E-state index in [1.807, 2.05) is 13.0 Å². The van der Waals surface area contributed by atoms with E-state index in [0.717, 1.165) is 49.0 Å². The zero-order valence-electron chi connectivity index (χ0n) is 14.7. The highest BCUT2D eigenvalue weighted by Crippen LogP contribution is 2.25. The van der Waals surface area contributed by atoms with Crippen LogP contribution in [0, 0.1) is 6.92 Å². The van der Waals surface area contributed by atoms with E-state index in [1.165, 1.54) is 0 Å². The Balaban J connectivity index is 1.62. The highest BCUT2D eigenvalue weighted by Gasteiger charge is 2.32. The number of aryl methyl sites for hydroxylation is 1. The molecule has 1 fully saturated rings. The van der Waals surface area contributed by atoms with Crippen LogP contribution in [0.3, 0.4) is 0 Å². The molecular weight excluding hydrogens is 318 g/mol. The van der Waals surface area contributed by atoms with Crippen LogP contribution in [0.15, 0.2) is 24.8 Å². The number of anilines is 2. The Labute approximate surface area is 147 Å². The molecule has 25 heavy (non-hydrogen) atoms. The lowest BCUT2D eigenvalue weighted by Gasteiger charge is -2.24. The summed E-state index contributed by atoms with van der Waals surface area (Å²) in [5, 5.41) is 3.33. The van der Waals surface area contributed by atoms with E-state index in [4.69, 9.17) is 10.5 Å². The average Bonchev–Trinajstić information content (AvgIpc) is 3.07. The fourth-order valence-corrected chi connectivity index (χ4v) is 3.14. The molecule has 3 N–H and O–H groups in total. The van der Waals surface area contributed by atoms with E-state index in [0.29, 0.717) is 6.54 Å². The maximum Gasteiger partial charge on any atom is 0.134 e. The number of hydrogen-bond donors (Lipinski definition) is 2. The molecule has 8 heteroatoms. The molecule has 1 aliphatic rings. The Morgan fingerprint density at radius 3 is 2.88 bits per heavy atom. The van der Waals surface area contributed by atoms with E-state index < -0.39 is 0 Å². The minimum Gasteiger partial charge on any atom is -0.380 e. The van der Waals surface area contributed by atoms with E-state index in [2.05, 4.69) is 30.2 Å². The molecule has 0 spiro atoms. The van der Waals surface area contributed by atoms with Gasteiger partial charge in [-0.3, -0.25) is 9.97 Å². The molecule has 0 radical (unpaired) electrons. The van der Waals surface area contributed by atoms with Crippen molar-refractivity contribution in [2.45, 2.75) is 31.9 Å². The molecule has 0 aliphatic carbocycles. The van der Waals surface area contributed by atoms with Gasteiger partial charge in [0, 0.05) is 57.7 Å². The molecular formula is C17H25N7O. The van der Waals surface area contributed by atoms with Gasteiger partial charge in [-0.05, 0) is 13.3 Å². The summed E-state index contributed by atoms with van der Waals surface area (Å²) < 4.78 is 5.48. The fraction of sp³-hybridized carbons (Fsp3) is 0.529. The summed E-state index contributed by atoms with van der Waals surface area (Å²) in [6.45, 7) is 4.08. The molecule has 1 saturated heterocycles. The predicted octanol–water partition coefficient (Wildman–Crippen LogP) is 0.782. The summed E-state index contributed by atoms with van der Waals surface area (Å²) in [7, 11) is 1.74. The number of nitrogens with one attached hydrogen (secondary N) is 1. The van der Waals surface area contributed by atoms with Crippen LogP contribution < -0.4 is 16.0 Å². The second kappa shape index (κ2) is 8.17. The van der Waals surface area contributed by atoms with Crippen molar-refractivity contribution in [3.8, 4) is 0 Å². The van der Waals surface area contributed by atoms with Crippen molar-refractivity contribution in [2.24, 2.45) is 5.73 Å². The van der Waals surface area contributed by atoms with Crippen molar-refractivity contribution in [1.82, 2.24) is 19.9 Å². The van der Waals surface area contributed by atoms with Crippen LogP contribution in [0.4, 0.5) is 11.6 Å². The van der Waals surface area contributed by atoms with Gasteiger partial charge in [0.2, 0.25) is 0 Å². The Bertz CT molecular complexity index is 696. The van der Waals surface area contributed by atoms with E-state index in [1.54, 1.807) is 25.8 Å². The molecule has 0 saturated carbocycles. The van der Waals surface area contributed by atoms with Crippen LogP contribution in [-0.4, -0.2) is 58.8 Å². The Kier molecular flexibility index (Phi) is 5.72. The standard InChI is InChI=1S/C17H25N7O/c1-12-15(20-6-5-19-12)3-4-21-16-8-17(23-11-22-16)24-10-14(25-2)7-13(24)9-18/h5-6,8,11,13-14H,3-4,7,9-10,18H2,1-2H3,(H,21,22,23)/t13-,14-/m0/s1. The van der Waals surface area contributed by atoms with Crippen LogP contribution in [0.2, 0.25) is 0 Å². The van der Waals surface area contributed by atoms with E-state index in [9.17, 15) is 0 Å². The smallest absolute Gasteiger partial charge is 0.134 e. The average molecular weight is 343 g/mol. The van der Waals surface area contributed by atoms with Crippen molar-refractivity contribution >= 4 is 11.6 Å². The third-order valence-electron chi connectivity index (χ3n) is 4.58. The zero-order valence-corrected chi connectivity index (χ0v) is 14.7. The number of methoxy groups -OCH3 is 1. The summed E-state index contributed by atoms with van der Waals surface area (Å²) in [6, 6.07) is 2.21. The van der Waals surface area contributed by atoms with Crippen molar-refractivity contribution in [2.75, 3.05) is 37.0 Å². The molecule has 2 aromatic rings. The second-order valence-electron chi connectivity index (χ2n) is 6.16. The highest BCUT2D eigenvalue weighted by atomic mass is 16.5. The summed E-state index contributed by atoms with van der Waals surface area (Å²) in [5.41, 5.74) is 7.86. The SMILES string of the molecule is CO[C@H]1C[C@@H](CN)N(c2cc(NCCc3nccnc3C)ncn2)C1. The van der Waals surface area contributed by atoms with Crippen LogP contribution in [0.25, 0.3) is 0 Å². The molecule has 3 heterocycles. The maximum absolute atomic E-state index is 5.91. The quantitative estimate of drug-likeness (QED) is 0.760. The van der Waals surface area contributed by atoms with Gasteiger partial charge >= 0.3 is 0 Å². The largest absolute Gasteiger partial charge is 0.380 e. The van der Waals surface area contributed by atoms with Gasteiger partial charge in [0.25, 0.3) is 0 Å². The minimum atomic E-state index is 0.194. The molecule has 0 amide bonds. The van der Waals surface area contributed by atoms with Gasteiger partial charge in [0.05, 0.1) is 17.5 Å². The van der Waals surface area contributed by atoms with Crippen molar-refractivity contribution < 1.29 is 4.74 Å². The van der Waals surface area contributed by atoms with E-state index >= 15 is 0 Å². The van der Waals surface area contributed by atoms with Crippen molar-refractivity contribution in [1.29, 1.82) is 0 Å². The molecule has 3 rings (SSSR count). The normalized spacial score (nSPS) is 20.0. The van der Waals surface area contributed by atoms with Crippen LogP contribution in [-0.2, 0) is 11.2 Å². The number of rotatable bonds is 7. The third kappa shape index (κ3) is 4.21. The fourth-order valence-electron chi connectivity index (χ4n) is 3.14. The predicted molar refractivity (Wildman–Crippen MR) is 96.6 cm³/mol. The molecule has 0 bridgehead atoms. The summed E-state index contributed by atoms with van der Waals surface area (Å²) in [6.07, 6.45) is 6.92. The highest BCUT2D eigenvalue weighted by molar-refractivity contribution is 5.50. The van der Waals surface area contributed by atoms with Crippen LogP contribution in [0.1, 0.15) is 17.8 Å². The molecule has 2 atom stereocenters.